The van der Waals surface area contributed by atoms with Gasteiger partial charge < -0.3 is 40.1 Å². The van der Waals surface area contributed by atoms with Crippen molar-refractivity contribution in [2.24, 2.45) is 50.7 Å². The molecule has 0 aromatic rings. The molecule has 0 bridgehead atoms. The van der Waals surface area contributed by atoms with E-state index in [1.807, 2.05) is 0 Å². The molecule has 9 nitrogen and oxygen atoms in total. The summed E-state index contributed by atoms with van der Waals surface area (Å²) in [4.78, 5) is 13.3. The van der Waals surface area contributed by atoms with Crippen molar-refractivity contribution >= 4 is 5.97 Å². The van der Waals surface area contributed by atoms with Crippen LogP contribution in [0.25, 0.3) is 0 Å². The molecular weight excluding hydrogens is 576 g/mol. The Bertz CT molecular complexity index is 1190. The number of ether oxygens (including phenoxy) is 2. The summed E-state index contributed by atoms with van der Waals surface area (Å²) in [6.07, 6.45) is 2.62. The second-order valence-corrected chi connectivity index (χ2v) is 17.0. The number of aliphatic carboxylic acids is 1. The lowest BCUT2D eigenvalue weighted by atomic mass is 9.41. The van der Waals surface area contributed by atoms with E-state index in [2.05, 4.69) is 40.7 Å². The Morgan fingerprint density at radius 3 is 2.29 bits per heavy atom. The SMILES string of the molecule is CC(C)=CCCC(C)C1CCC2(C)C3CCC4C(C)(C(=O)O)C(OC5OC(CO)C(O)C(O)C5O)CC(O)C45CC35CCC12C. The van der Waals surface area contributed by atoms with Crippen molar-refractivity contribution in [2.75, 3.05) is 6.61 Å². The van der Waals surface area contributed by atoms with Gasteiger partial charge in [-0.15, -0.1) is 0 Å². The van der Waals surface area contributed by atoms with Gasteiger partial charge in [0.25, 0.3) is 0 Å². The second kappa shape index (κ2) is 11.2. The Morgan fingerprint density at radius 2 is 1.64 bits per heavy atom. The first-order chi connectivity index (χ1) is 21.0. The Balaban J connectivity index is 1.27. The highest BCUT2D eigenvalue weighted by Crippen LogP contribution is 2.89. The van der Waals surface area contributed by atoms with Crippen LogP contribution in [0.4, 0.5) is 0 Å². The van der Waals surface area contributed by atoms with E-state index in [-0.39, 0.29) is 28.6 Å². The molecule has 5 aliphatic carbocycles. The number of hydrogen-bond donors (Lipinski definition) is 6. The zero-order valence-corrected chi connectivity index (χ0v) is 28.1. The minimum Gasteiger partial charge on any atom is -0.481 e. The van der Waals surface area contributed by atoms with Gasteiger partial charge in [-0.25, -0.2) is 0 Å². The third kappa shape index (κ3) is 4.46. The third-order valence-corrected chi connectivity index (χ3v) is 15.3. The molecule has 1 saturated heterocycles. The van der Waals surface area contributed by atoms with E-state index in [1.165, 1.54) is 24.8 Å². The number of carbonyl (C=O) groups is 1. The van der Waals surface area contributed by atoms with E-state index in [0.717, 1.165) is 32.1 Å². The highest BCUT2D eigenvalue weighted by Gasteiger charge is 2.86. The summed E-state index contributed by atoms with van der Waals surface area (Å²) in [5, 5.41) is 63.9. The van der Waals surface area contributed by atoms with E-state index < -0.39 is 66.3 Å². The lowest BCUT2D eigenvalue weighted by Crippen LogP contribution is -2.66. The fourth-order valence-corrected chi connectivity index (χ4v) is 12.7. The van der Waals surface area contributed by atoms with Gasteiger partial charge in [0, 0.05) is 11.8 Å². The van der Waals surface area contributed by atoms with E-state index in [4.69, 9.17) is 9.47 Å². The highest BCUT2D eigenvalue weighted by atomic mass is 16.7. The fraction of sp³-hybridized carbons (Fsp3) is 0.917. The molecular formula is C36H58O9. The summed E-state index contributed by atoms with van der Waals surface area (Å²) in [6.45, 7) is 13.0. The summed E-state index contributed by atoms with van der Waals surface area (Å²) in [6, 6.07) is 0. The topological polar surface area (TPSA) is 157 Å². The van der Waals surface area contributed by atoms with Gasteiger partial charge in [0.05, 0.1) is 24.2 Å². The summed E-state index contributed by atoms with van der Waals surface area (Å²) in [5.41, 5.74) is -0.205. The molecule has 1 heterocycles. The van der Waals surface area contributed by atoms with Gasteiger partial charge in [-0.2, -0.15) is 0 Å². The Morgan fingerprint density at radius 1 is 0.956 bits per heavy atom. The molecule has 1 aliphatic heterocycles. The number of aliphatic hydroxyl groups is 5. The molecule has 0 aromatic heterocycles. The van der Waals surface area contributed by atoms with Crippen LogP contribution in [0.1, 0.15) is 106 Å². The van der Waals surface area contributed by atoms with Gasteiger partial charge in [-0.3, -0.25) is 4.79 Å². The van der Waals surface area contributed by atoms with Crippen LogP contribution in [0.5, 0.6) is 0 Å². The first-order valence-electron chi connectivity index (χ1n) is 17.6. The molecule has 6 rings (SSSR count). The van der Waals surface area contributed by atoms with Crippen molar-refractivity contribution in [3.63, 3.8) is 0 Å². The molecule has 6 aliphatic rings. The van der Waals surface area contributed by atoms with Gasteiger partial charge in [0.15, 0.2) is 6.29 Å². The number of aliphatic hydroxyl groups excluding tert-OH is 5. The van der Waals surface area contributed by atoms with Crippen LogP contribution in [0.2, 0.25) is 0 Å². The Labute approximate surface area is 268 Å². The van der Waals surface area contributed by atoms with Crippen molar-refractivity contribution in [3.05, 3.63) is 11.6 Å². The number of hydrogen-bond acceptors (Lipinski definition) is 8. The van der Waals surface area contributed by atoms with Gasteiger partial charge in [-0.1, -0.05) is 32.4 Å². The lowest BCUT2D eigenvalue weighted by molar-refractivity contribution is -0.330. The fourth-order valence-electron chi connectivity index (χ4n) is 12.7. The average Bonchev–Trinajstić information content (AvgIpc) is 3.60. The van der Waals surface area contributed by atoms with Gasteiger partial charge in [0.1, 0.15) is 24.4 Å². The summed E-state index contributed by atoms with van der Waals surface area (Å²) < 4.78 is 11.8. The van der Waals surface area contributed by atoms with Crippen LogP contribution >= 0.6 is 0 Å². The molecule has 16 atom stereocenters. The molecule has 6 N–H and O–H groups in total. The molecule has 0 radical (unpaired) electrons. The molecule has 0 amide bonds. The van der Waals surface area contributed by atoms with Crippen molar-refractivity contribution in [1.29, 1.82) is 0 Å². The van der Waals surface area contributed by atoms with Crippen molar-refractivity contribution < 1.29 is 44.9 Å². The third-order valence-electron chi connectivity index (χ3n) is 15.3. The van der Waals surface area contributed by atoms with Crippen LogP contribution < -0.4 is 0 Å². The van der Waals surface area contributed by atoms with E-state index in [0.29, 0.717) is 24.2 Å². The van der Waals surface area contributed by atoms with Crippen molar-refractivity contribution in [1.82, 2.24) is 0 Å². The quantitative estimate of drug-likeness (QED) is 0.171. The number of allylic oxidation sites excluding steroid dienone is 2. The number of fused-ring (bicyclic) bond motifs is 2. The lowest BCUT2D eigenvalue weighted by Gasteiger charge is -2.64. The molecule has 6 fully saturated rings. The first-order valence-corrected chi connectivity index (χ1v) is 17.6. The average molecular weight is 635 g/mol. The molecule has 5 saturated carbocycles. The second-order valence-electron chi connectivity index (χ2n) is 17.0. The standard InChI is InChI=1S/C36H58O9/c1-19(2)8-7-9-20(3)21-12-13-33(5)23-10-11-24-34(6,31(42)43)26(45-30-29(41)28(40)27(39)22(17-37)44-30)16-25(38)36(24)18-35(23,36)15-14-32(21,33)4/h8,20-30,37-41H,7,9-18H2,1-6H3,(H,42,43). The van der Waals surface area contributed by atoms with E-state index >= 15 is 0 Å². The summed E-state index contributed by atoms with van der Waals surface area (Å²) in [7, 11) is 0. The maximum atomic E-state index is 13.3. The predicted molar refractivity (Wildman–Crippen MR) is 167 cm³/mol. The molecule has 45 heavy (non-hydrogen) atoms. The van der Waals surface area contributed by atoms with Gasteiger partial charge in [-0.05, 0) is 118 Å². The maximum Gasteiger partial charge on any atom is 0.312 e. The number of carboxylic acid groups (broad SMARTS) is 1. The van der Waals surface area contributed by atoms with Gasteiger partial charge in [0.2, 0.25) is 0 Å². The highest BCUT2D eigenvalue weighted by molar-refractivity contribution is 5.76. The molecule has 256 valence electrons. The Hall–Kier alpha value is -1.07. The van der Waals surface area contributed by atoms with Crippen LogP contribution in [0, 0.1) is 50.7 Å². The summed E-state index contributed by atoms with van der Waals surface area (Å²) in [5.74, 6) is 0.430. The molecule has 2 spiro atoms. The predicted octanol–water partition coefficient (Wildman–Crippen LogP) is 4.03. The monoisotopic (exact) mass is 634 g/mol. The normalized spacial score (nSPS) is 54.2. The van der Waals surface area contributed by atoms with Crippen LogP contribution in [-0.2, 0) is 14.3 Å². The molecule has 16 unspecified atom stereocenters. The summed E-state index contributed by atoms with van der Waals surface area (Å²) >= 11 is 0. The minimum atomic E-state index is -1.63. The van der Waals surface area contributed by atoms with Crippen LogP contribution in [-0.4, -0.2) is 86.1 Å². The smallest absolute Gasteiger partial charge is 0.312 e. The molecule has 0 aromatic carbocycles. The Kier molecular flexibility index (Phi) is 8.45. The van der Waals surface area contributed by atoms with Crippen LogP contribution in [0.3, 0.4) is 0 Å². The molecule has 9 heteroatoms. The zero-order chi connectivity index (χ0) is 32.9. The van der Waals surface area contributed by atoms with Gasteiger partial charge >= 0.3 is 5.97 Å². The number of carboxylic acids is 1. The van der Waals surface area contributed by atoms with Crippen molar-refractivity contribution in [3.8, 4) is 0 Å². The first kappa shape index (κ1) is 33.8. The van der Waals surface area contributed by atoms with Crippen molar-refractivity contribution in [2.45, 2.75) is 149 Å². The zero-order valence-electron chi connectivity index (χ0n) is 28.1. The van der Waals surface area contributed by atoms with Crippen LogP contribution in [0.15, 0.2) is 11.6 Å². The number of rotatable bonds is 8. The maximum absolute atomic E-state index is 13.3. The minimum absolute atomic E-state index is 0.0841. The largest absolute Gasteiger partial charge is 0.481 e. The van der Waals surface area contributed by atoms with E-state index in [1.54, 1.807) is 6.92 Å². The van der Waals surface area contributed by atoms with E-state index in [9.17, 15) is 35.4 Å².